The molecule has 0 unspecified atom stereocenters. The average molecular weight is 126 g/mol. The molecule has 0 spiro atoms. The van der Waals surface area contributed by atoms with Gasteiger partial charge in [0.25, 0.3) is 0 Å². The van der Waals surface area contributed by atoms with E-state index in [1.807, 2.05) is 32.1 Å². The van der Waals surface area contributed by atoms with E-state index in [-0.39, 0.29) is 0 Å². The molecule has 0 aliphatic carbocycles. The molecule has 0 saturated heterocycles. The zero-order valence-corrected chi connectivity index (χ0v) is 6.02. The normalized spacial score (nSPS) is 12.6. The number of hydrogen-bond acceptors (Lipinski definition) is 2. The maximum atomic E-state index is 5.25. The van der Waals surface area contributed by atoms with Crippen LogP contribution in [0.4, 0.5) is 0 Å². The lowest BCUT2D eigenvalue weighted by Gasteiger charge is -2.00. The van der Waals surface area contributed by atoms with Crippen molar-refractivity contribution in [1.29, 1.82) is 0 Å². The van der Waals surface area contributed by atoms with Gasteiger partial charge in [0.2, 0.25) is 0 Å². The summed E-state index contributed by atoms with van der Waals surface area (Å²) in [7, 11) is 0. The van der Waals surface area contributed by atoms with Gasteiger partial charge in [0.05, 0.1) is 6.67 Å². The minimum atomic E-state index is 0.490. The lowest BCUT2D eigenvalue weighted by Crippen LogP contribution is -2.20. The van der Waals surface area contributed by atoms with Crippen molar-refractivity contribution in [3.63, 3.8) is 0 Å². The molecule has 0 atom stereocenters. The van der Waals surface area contributed by atoms with E-state index in [9.17, 15) is 0 Å². The fourth-order valence-electron chi connectivity index (χ4n) is 0.555. The molecule has 0 amide bonds. The van der Waals surface area contributed by atoms with Crippen molar-refractivity contribution >= 4 is 0 Å². The lowest BCUT2D eigenvalue weighted by molar-refractivity contribution is 0.846. The van der Waals surface area contributed by atoms with Crippen LogP contribution in [0, 0.1) is 0 Å². The number of nitrogens with two attached hydrogens (primary N) is 1. The van der Waals surface area contributed by atoms with Crippen LogP contribution < -0.4 is 11.1 Å². The summed E-state index contributed by atoms with van der Waals surface area (Å²) in [6, 6.07) is 0. The molecule has 52 valence electrons. The Hall–Kier alpha value is -0.760. The molecule has 0 aromatic rings. The van der Waals surface area contributed by atoms with E-state index in [0.717, 1.165) is 5.70 Å². The fourth-order valence-corrected chi connectivity index (χ4v) is 0.555. The molecule has 0 fully saturated rings. The molecule has 2 nitrogen and oxygen atoms in total. The number of allylic oxidation sites excluding steroid dienone is 3. The van der Waals surface area contributed by atoms with Crippen molar-refractivity contribution in [2.75, 3.05) is 6.67 Å². The van der Waals surface area contributed by atoms with Gasteiger partial charge >= 0.3 is 0 Å². The SMILES string of the molecule is CC=CC(=CC)NCN. The van der Waals surface area contributed by atoms with E-state index in [2.05, 4.69) is 5.32 Å². The number of hydrogen-bond donors (Lipinski definition) is 2. The lowest BCUT2D eigenvalue weighted by atomic mass is 10.4. The minimum absolute atomic E-state index is 0.490. The fraction of sp³-hybridized carbons (Fsp3) is 0.429. The Bertz CT molecular complexity index is 114. The quantitative estimate of drug-likeness (QED) is 0.437. The second-order valence-electron chi connectivity index (χ2n) is 1.62. The van der Waals surface area contributed by atoms with Crippen LogP contribution in [0.5, 0.6) is 0 Å². The standard InChI is InChI=1S/C7H14N2/c1-3-5-7(4-2)9-6-8/h3-5,9H,6,8H2,1-2H3. The van der Waals surface area contributed by atoms with Gasteiger partial charge in [-0.3, -0.25) is 0 Å². The number of nitrogens with one attached hydrogen (secondary N) is 1. The van der Waals surface area contributed by atoms with E-state index in [4.69, 9.17) is 5.73 Å². The van der Waals surface area contributed by atoms with Crippen LogP contribution in [0.15, 0.2) is 23.9 Å². The van der Waals surface area contributed by atoms with Crippen LogP contribution in [0.1, 0.15) is 13.8 Å². The summed E-state index contributed by atoms with van der Waals surface area (Å²) >= 11 is 0. The maximum Gasteiger partial charge on any atom is 0.0627 e. The zero-order valence-electron chi connectivity index (χ0n) is 6.02. The highest BCUT2D eigenvalue weighted by molar-refractivity contribution is 5.14. The van der Waals surface area contributed by atoms with Gasteiger partial charge in [-0.1, -0.05) is 12.2 Å². The third kappa shape index (κ3) is 3.79. The van der Waals surface area contributed by atoms with Gasteiger partial charge in [-0.2, -0.15) is 0 Å². The molecule has 2 heteroatoms. The Balaban J connectivity index is 3.70. The molecule has 0 aromatic heterocycles. The highest BCUT2D eigenvalue weighted by atomic mass is 15.0. The molecule has 9 heavy (non-hydrogen) atoms. The summed E-state index contributed by atoms with van der Waals surface area (Å²) in [4.78, 5) is 0. The Morgan fingerprint density at radius 3 is 2.56 bits per heavy atom. The number of rotatable bonds is 3. The Morgan fingerprint density at radius 1 is 1.56 bits per heavy atom. The monoisotopic (exact) mass is 126 g/mol. The summed E-state index contributed by atoms with van der Waals surface area (Å²) in [5, 5.41) is 2.99. The average Bonchev–Trinajstić information content (AvgIpc) is 1.88. The van der Waals surface area contributed by atoms with Gasteiger partial charge < -0.3 is 11.1 Å². The van der Waals surface area contributed by atoms with Crippen molar-refractivity contribution in [3.05, 3.63) is 23.9 Å². The summed E-state index contributed by atoms with van der Waals surface area (Å²) in [6.07, 6.45) is 5.93. The molecule has 0 bridgehead atoms. The Kier molecular flexibility index (Phi) is 4.92. The molecular formula is C7H14N2. The van der Waals surface area contributed by atoms with E-state index >= 15 is 0 Å². The predicted molar refractivity (Wildman–Crippen MR) is 40.8 cm³/mol. The second-order valence-corrected chi connectivity index (χ2v) is 1.62. The molecule has 0 aromatic carbocycles. The maximum absolute atomic E-state index is 5.25. The van der Waals surface area contributed by atoms with Gasteiger partial charge in [0, 0.05) is 5.70 Å². The van der Waals surface area contributed by atoms with Crippen LogP contribution in [-0.4, -0.2) is 6.67 Å². The second kappa shape index (κ2) is 5.38. The third-order valence-electron chi connectivity index (χ3n) is 0.963. The van der Waals surface area contributed by atoms with Crippen LogP contribution in [0.25, 0.3) is 0 Å². The first kappa shape index (κ1) is 8.24. The van der Waals surface area contributed by atoms with Gasteiger partial charge in [-0.25, -0.2) is 0 Å². The van der Waals surface area contributed by atoms with Crippen LogP contribution in [-0.2, 0) is 0 Å². The van der Waals surface area contributed by atoms with Crippen molar-refractivity contribution < 1.29 is 0 Å². The molecule has 0 radical (unpaired) electrons. The summed E-state index contributed by atoms with van der Waals surface area (Å²) in [6.45, 7) is 4.43. The first-order valence-electron chi connectivity index (χ1n) is 3.08. The summed E-state index contributed by atoms with van der Waals surface area (Å²) in [5.74, 6) is 0. The molecule has 0 heterocycles. The van der Waals surface area contributed by atoms with E-state index in [1.165, 1.54) is 0 Å². The molecule has 3 N–H and O–H groups in total. The van der Waals surface area contributed by atoms with Crippen molar-refractivity contribution in [3.8, 4) is 0 Å². The van der Waals surface area contributed by atoms with Crippen LogP contribution >= 0.6 is 0 Å². The van der Waals surface area contributed by atoms with Crippen LogP contribution in [0.3, 0.4) is 0 Å². The van der Waals surface area contributed by atoms with E-state index in [0.29, 0.717) is 6.67 Å². The van der Waals surface area contributed by atoms with Crippen molar-refractivity contribution in [1.82, 2.24) is 5.32 Å². The highest BCUT2D eigenvalue weighted by Gasteiger charge is 1.81. The van der Waals surface area contributed by atoms with Gasteiger partial charge in [-0.15, -0.1) is 0 Å². The summed E-state index contributed by atoms with van der Waals surface area (Å²) in [5.41, 5.74) is 6.32. The molecule has 0 aliphatic heterocycles. The molecule has 0 saturated carbocycles. The zero-order chi connectivity index (χ0) is 7.11. The largest absolute Gasteiger partial charge is 0.373 e. The third-order valence-corrected chi connectivity index (χ3v) is 0.963. The van der Waals surface area contributed by atoms with E-state index in [1.54, 1.807) is 0 Å². The first-order chi connectivity index (χ1) is 4.35. The molecule has 0 rings (SSSR count). The Morgan fingerprint density at radius 2 is 2.22 bits per heavy atom. The topological polar surface area (TPSA) is 38.0 Å². The van der Waals surface area contributed by atoms with Crippen molar-refractivity contribution in [2.24, 2.45) is 5.73 Å². The smallest absolute Gasteiger partial charge is 0.0627 e. The minimum Gasteiger partial charge on any atom is -0.373 e. The van der Waals surface area contributed by atoms with Gasteiger partial charge in [-0.05, 0) is 19.9 Å². The molecular weight excluding hydrogens is 112 g/mol. The molecule has 0 aliphatic rings. The first-order valence-corrected chi connectivity index (χ1v) is 3.08. The summed E-state index contributed by atoms with van der Waals surface area (Å²) < 4.78 is 0. The van der Waals surface area contributed by atoms with Crippen molar-refractivity contribution in [2.45, 2.75) is 13.8 Å². The van der Waals surface area contributed by atoms with Gasteiger partial charge in [0.15, 0.2) is 0 Å². The van der Waals surface area contributed by atoms with E-state index < -0.39 is 0 Å². The Labute approximate surface area is 56.4 Å². The van der Waals surface area contributed by atoms with Crippen LogP contribution in [0.2, 0.25) is 0 Å². The highest BCUT2D eigenvalue weighted by Crippen LogP contribution is 1.88. The van der Waals surface area contributed by atoms with Gasteiger partial charge in [0.1, 0.15) is 0 Å². The predicted octanol–water partition coefficient (Wildman–Crippen LogP) is 0.972.